The van der Waals surface area contributed by atoms with E-state index in [2.05, 4.69) is 17.3 Å². The summed E-state index contributed by atoms with van der Waals surface area (Å²) in [5.41, 5.74) is 1.07. The van der Waals surface area contributed by atoms with Crippen molar-refractivity contribution >= 4 is 23.2 Å². The molecule has 1 aliphatic rings. The highest BCUT2D eigenvalue weighted by Gasteiger charge is 2.19. The number of halogens is 2. The minimum atomic E-state index is 0.660. The average molecular weight is 273 g/mol. The van der Waals surface area contributed by atoms with Crippen molar-refractivity contribution < 1.29 is 0 Å². The molecule has 17 heavy (non-hydrogen) atoms. The summed E-state index contributed by atoms with van der Waals surface area (Å²) < 4.78 is 0. The van der Waals surface area contributed by atoms with Crippen LogP contribution >= 0.6 is 23.2 Å². The van der Waals surface area contributed by atoms with E-state index in [1.54, 1.807) is 0 Å². The molecule has 2 nitrogen and oxygen atoms in total. The van der Waals surface area contributed by atoms with Gasteiger partial charge in [0.2, 0.25) is 0 Å². The first-order valence-corrected chi connectivity index (χ1v) is 6.77. The van der Waals surface area contributed by atoms with E-state index in [1.807, 2.05) is 18.2 Å². The Bertz CT molecular complexity index is 382. The minimum absolute atomic E-state index is 0.660. The average Bonchev–Trinajstić information content (AvgIpc) is 2.70. The molecule has 1 fully saturated rings. The fourth-order valence-electron chi connectivity index (χ4n) is 2.29. The van der Waals surface area contributed by atoms with Crippen LogP contribution in [0, 0.1) is 0 Å². The Morgan fingerprint density at radius 1 is 1.41 bits per heavy atom. The zero-order chi connectivity index (χ0) is 12.3. The lowest BCUT2D eigenvalue weighted by molar-refractivity contribution is 0.300. The summed E-state index contributed by atoms with van der Waals surface area (Å²) in [6.45, 7) is 3.01. The van der Waals surface area contributed by atoms with Crippen molar-refractivity contribution in [1.82, 2.24) is 10.2 Å². The van der Waals surface area contributed by atoms with Crippen LogP contribution in [0.4, 0.5) is 0 Å². The molecule has 0 saturated carbocycles. The minimum Gasteiger partial charge on any atom is -0.311 e. The highest BCUT2D eigenvalue weighted by atomic mass is 35.5. The van der Waals surface area contributed by atoms with Crippen LogP contribution in [0.3, 0.4) is 0 Å². The van der Waals surface area contributed by atoms with Crippen LogP contribution in [-0.2, 0) is 6.54 Å². The van der Waals surface area contributed by atoms with Crippen molar-refractivity contribution in [2.24, 2.45) is 0 Å². The number of likely N-dealkylation sites (N-methyl/N-ethyl adjacent to an activating group) is 1. The van der Waals surface area contributed by atoms with Crippen LogP contribution in [-0.4, -0.2) is 31.1 Å². The van der Waals surface area contributed by atoms with E-state index in [0.717, 1.165) is 28.7 Å². The zero-order valence-electron chi connectivity index (χ0n) is 10.0. The van der Waals surface area contributed by atoms with Gasteiger partial charge in [-0.15, -0.1) is 0 Å². The summed E-state index contributed by atoms with van der Waals surface area (Å²) in [5.74, 6) is 0. The van der Waals surface area contributed by atoms with Crippen LogP contribution in [0.15, 0.2) is 18.2 Å². The number of hydrogen-bond acceptors (Lipinski definition) is 2. The molecule has 0 aliphatic carbocycles. The predicted octanol–water partition coefficient (Wildman–Crippen LogP) is 3.18. The smallest absolute Gasteiger partial charge is 0.0451 e. The number of nitrogens with one attached hydrogen (secondary N) is 1. The molecule has 0 aromatic heterocycles. The molecule has 94 valence electrons. The normalized spacial score (nSPS) is 21.0. The van der Waals surface area contributed by atoms with Crippen molar-refractivity contribution in [2.75, 3.05) is 20.1 Å². The van der Waals surface area contributed by atoms with Crippen LogP contribution in [0.25, 0.3) is 0 Å². The van der Waals surface area contributed by atoms with Gasteiger partial charge in [-0.05, 0) is 50.2 Å². The monoisotopic (exact) mass is 272 g/mol. The first-order chi connectivity index (χ1) is 8.16. The van der Waals surface area contributed by atoms with Crippen molar-refractivity contribution in [3.8, 4) is 0 Å². The van der Waals surface area contributed by atoms with Gasteiger partial charge in [0.05, 0.1) is 0 Å². The summed E-state index contributed by atoms with van der Waals surface area (Å²) in [6, 6.07) is 6.25. The van der Waals surface area contributed by atoms with Gasteiger partial charge in [0.15, 0.2) is 0 Å². The Morgan fingerprint density at radius 2 is 2.24 bits per heavy atom. The predicted molar refractivity (Wildman–Crippen MR) is 73.8 cm³/mol. The second-order valence-corrected chi connectivity index (χ2v) is 5.49. The highest BCUT2D eigenvalue weighted by molar-refractivity contribution is 6.33. The Hall–Kier alpha value is -0.280. The number of benzene rings is 1. The standard InChI is InChI=1S/C13H18Cl2N2/c1-17-6-2-3-12(17)9-16-8-10-7-11(14)4-5-13(10)15/h4-5,7,12,16H,2-3,6,8-9H2,1H3. The Balaban J connectivity index is 1.83. The molecule has 1 aliphatic heterocycles. The second-order valence-electron chi connectivity index (χ2n) is 4.64. The first-order valence-electron chi connectivity index (χ1n) is 6.01. The molecule has 4 heteroatoms. The van der Waals surface area contributed by atoms with Gasteiger partial charge in [-0.3, -0.25) is 0 Å². The molecular formula is C13H18Cl2N2. The van der Waals surface area contributed by atoms with Crippen molar-refractivity contribution in [3.63, 3.8) is 0 Å². The van der Waals surface area contributed by atoms with Gasteiger partial charge in [0.1, 0.15) is 0 Å². The Labute approximate surface area is 113 Å². The molecular weight excluding hydrogens is 255 g/mol. The van der Waals surface area contributed by atoms with E-state index in [1.165, 1.54) is 19.4 Å². The molecule has 0 amide bonds. The maximum Gasteiger partial charge on any atom is 0.0451 e. The summed E-state index contributed by atoms with van der Waals surface area (Å²) >= 11 is 12.1. The third-order valence-corrected chi connectivity index (χ3v) is 3.98. The van der Waals surface area contributed by atoms with E-state index in [-0.39, 0.29) is 0 Å². The van der Waals surface area contributed by atoms with E-state index in [4.69, 9.17) is 23.2 Å². The van der Waals surface area contributed by atoms with E-state index in [0.29, 0.717) is 6.04 Å². The van der Waals surface area contributed by atoms with Crippen LogP contribution < -0.4 is 5.32 Å². The van der Waals surface area contributed by atoms with Gasteiger partial charge in [-0.2, -0.15) is 0 Å². The molecule has 1 aromatic rings. The largest absolute Gasteiger partial charge is 0.311 e. The van der Waals surface area contributed by atoms with Gasteiger partial charge in [-0.25, -0.2) is 0 Å². The zero-order valence-corrected chi connectivity index (χ0v) is 11.6. The Morgan fingerprint density at radius 3 is 2.94 bits per heavy atom. The van der Waals surface area contributed by atoms with Crippen LogP contribution in [0.1, 0.15) is 18.4 Å². The molecule has 1 saturated heterocycles. The summed E-state index contributed by atoms with van der Waals surface area (Å²) in [7, 11) is 2.19. The maximum absolute atomic E-state index is 6.11. The number of hydrogen-bond donors (Lipinski definition) is 1. The lowest BCUT2D eigenvalue weighted by Crippen LogP contribution is -2.35. The molecule has 1 unspecified atom stereocenters. The lowest BCUT2D eigenvalue weighted by Gasteiger charge is -2.19. The van der Waals surface area contributed by atoms with Crippen molar-refractivity contribution in [2.45, 2.75) is 25.4 Å². The SMILES string of the molecule is CN1CCCC1CNCc1cc(Cl)ccc1Cl. The fraction of sp³-hybridized carbons (Fsp3) is 0.538. The maximum atomic E-state index is 6.11. The lowest BCUT2D eigenvalue weighted by atomic mass is 10.2. The van der Waals surface area contributed by atoms with Crippen molar-refractivity contribution in [3.05, 3.63) is 33.8 Å². The second kappa shape index (κ2) is 6.05. The third-order valence-electron chi connectivity index (χ3n) is 3.37. The van der Waals surface area contributed by atoms with E-state index in [9.17, 15) is 0 Å². The molecule has 1 N–H and O–H groups in total. The molecule has 0 radical (unpaired) electrons. The summed E-state index contributed by atoms with van der Waals surface area (Å²) in [4.78, 5) is 2.41. The summed E-state index contributed by atoms with van der Waals surface area (Å²) in [6.07, 6.45) is 2.59. The topological polar surface area (TPSA) is 15.3 Å². The number of nitrogens with zero attached hydrogens (tertiary/aromatic N) is 1. The van der Waals surface area contributed by atoms with Gasteiger partial charge in [0.25, 0.3) is 0 Å². The third kappa shape index (κ3) is 3.59. The molecule has 1 heterocycles. The van der Waals surface area contributed by atoms with E-state index >= 15 is 0 Å². The first kappa shape index (κ1) is 13.2. The van der Waals surface area contributed by atoms with Gasteiger partial charge < -0.3 is 10.2 Å². The Kier molecular flexibility index (Phi) is 4.69. The molecule has 1 aromatic carbocycles. The number of likely N-dealkylation sites (tertiary alicyclic amines) is 1. The molecule has 1 atom stereocenters. The van der Waals surface area contributed by atoms with Crippen LogP contribution in [0.2, 0.25) is 10.0 Å². The summed E-state index contributed by atoms with van der Waals surface area (Å²) in [5, 5.41) is 4.98. The molecule has 2 rings (SSSR count). The van der Waals surface area contributed by atoms with Gasteiger partial charge in [-0.1, -0.05) is 23.2 Å². The van der Waals surface area contributed by atoms with E-state index < -0.39 is 0 Å². The van der Waals surface area contributed by atoms with Crippen molar-refractivity contribution in [1.29, 1.82) is 0 Å². The van der Waals surface area contributed by atoms with Crippen LogP contribution in [0.5, 0.6) is 0 Å². The van der Waals surface area contributed by atoms with Gasteiger partial charge in [0, 0.05) is 29.2 Å². The quantitative estimate of drug-likeness (QED) is 0.906. The molecule has 0 spiro atoms. The number of rotatable bonds is 4. The fourth-order valence-corrected chi connectivity index (χ4v) is 2.67. The molecule has 0 bridgehead atoms. The highest BCUT2D eigenvalue weighted by Crippen LogP contribution is 2.20. The van der Waals surface area contributed by atoms with Gasteiger partial charge >= 0.3 is 0 Å².